The van der Waals surface area contributed by atoms with E-state index in [0.717, 1.165) is 12.1 Å². The molecule has 2 heterocycles. The third-order valence-electron chi connectivity index (χ3n) is 6.67. The zero-order valence-corrected chi connectivity index (χ0v) is 23.6. The molecule has 1 aliphatic carbocycles. The zero-order valence-electron chi connectivity index (χ0n) is 22.7. The standard InChI is InChI=1S/C28H26F3N3O9S/c29-28(30,31)26(39)43-22(32)8-4-5-11-42-19-9-10-34-18(14-19)12-17(13-23(34)35)24(36)33-16-27(25(37)38)15-21(27)44(40,41)20-6-2-1-3-7-20/h1-3,6-7,9-10,12-15,22H,4-5,8,11,16,32H2,(H,33,36)(H,37,38)/t22-,27?/m1/s1. The third-order valence-corrected chi connectivity index (χ3v) is 8.62. The van der Waals surface area contributed by atoms with E-state index in [4.69, 9.17) is 10.5 Å². The SMILES string of the molecule is N[C@@H](CCCCOc1ccn2c(=O)cc(C(=O)NCC3(C(=O)O)C=C3S(=O)(=O)c3ccccc3)cc2c1)OC(=O)C(F)(F)F. The van der Waals surface area contributed by atoms with Crippen LogP contribution in [0.2, 0.25) is 0 Å². The molecule has 1 aromatic carbocycles. The van der Waals surface area contributed by atoms with Crippen LogP contribution in [0.25, 0.3) is 5.52 Å². The maximum Gasteiger partial charge on any atom is 0.490 e. The Bertz CT molecular complexity index is 1790. The number of nitrogens with zero attached hydrogens (tertiary/aromatic N) is 1. The van der Waals surface area contributed by atoms with Gasteiger partial charge in [0.25, 0.3) is 11.5 Å². The molecule has 4 N–H and O–H groups in total. The van der Waals surface area contributed by atoms with E-state index >= 15 is 0 Å². The van der Waals surface area contributed by atoms with E-state index in [1.807, 2.05) is 0 Å². The molecule has 0 saturated carbocycles. The minimum Gasteiger partial charge on any atom is -0.493 e. The molecular formula is C28H26F3N3O9S. The number of carbonyl (C=O) groups is 3. The van der Waals surface area contributed by atoms with Crippen LogP contribution in [0.15, 0.2) is 81.5 Å². The van der Waals surface area contributed by atoms with Crippen LogP contribution in [-0.2, 0) is 24.2 Å². The molecule has 3 aromatic rings. The number of alkyl halides is 3. The van der Waals surface area contributed by atoms with E-state index < -0.39 is 57.6 Å². The number of amides is 1. The number of rotatable bonds is 13. The van der Waals surface area contributed by atoms with Gasteiger partial charge in [-0.05, 0) is 49.6 Å². The summed E-state index contributed by atoms with van der Waals surface area (Å²) in [6.07, 6.45) is -3.51. The Morgan fingerprint density at radius 2 is 1.77 bits per heavy atom. The molecule has 44 heavy (non-hydrogen) atoms. The van der Waals surface area contributed by atoms with Gasteiger partial charge >= 0.3 is 18.1 Å². The van der Waals surface area contributed by atoms with Crippen LogP contribution in [0.4, 0.5) is 13.2 Å². The predicted molar refractivity (Wildman–Crippen MR) is 147 cm³/mol. The fourth-order valence-corrected chi connectivity index (χ4v) is 6.03. The first-order valence-corrected chi connectivity index (χ1v) is 14.5. The number of esters is 1. The van der Waals surface area contributed by atoms with Crippen LogP contribution in [0.5, 0.6) is 5.75 Å². The van der Waals surface area contributed by atoms with Crippen LogP contribution < -0.4 is 21.3 Å². The van der Waals surface area contributed by atoms with Crippen molar-refractivity contribution in [1.29, 1.82) is 0 Å². The van der Waals surface area contributed by atoms with E-state index in [1.165, 1.54) is 53.1 Å². The molecule has 1 unspecified atom stereocenters. The normalized spacial score (nSPS) is 17.0. The Morgan fingerprint density at radius 1 is 1.07 bits per heavy atom. The number of ether oxygens (including phenoxy) is 2. The van der Waals surface area contributed by atoms with Crippen molar-refractivity contribution in [3.05, 3.63) is 87.7 Å². The van der Waals surface area contributed by atoms with Crippen LogP contribution in [-0.4, -0.2) is 61.3 Å². The number of aromatic nitrogens is 1. The first kappa shape index (κ1) is 32.2. The average Bonchev–Trinajstić information content (AvgIpc) is 3.73. The topological polar surface area (TPSA) is 184 Å². The maximum atomic E-state index is 12.9. The van der Waals surface area contributed by atoms with Gasteiger partial charge in [0.15, 0.2) is 6.23 Å². The summed E-state index contributed by atoms with van der Waals surface area (Å²) < 4.78 is 73.4. The van der Waals surface area contributed by atoms with Gasteiger partial charge in [-0.1, -0.05) is 18.2 Å². The average molecular weight is 638 g/mol. The quantitative estimate of drug-likeness (QED) is 0.143. The molecule has 2 aromatic heterocycles. The number of nitrogens with one attached hydrogen (secondary N) is 1. The summed E-state index contributed by atoms with van der Waals surface area (Å²) in [7, 11) is -4.10. The molecule has 0 spiro atoms. The highest BCUT2D eigenvalue weighted by Gasteiger charge is 2.57. The third kappa shape index (κ3) is 7.08. The molecule has 2 atom stereocenters. The number of benzene rings is 1. The minimum absolute atomic E-state index is 0.0326. The lowest BCUT2D eigenvalue weighted by Gasteiger charge is -2.15. The van der Waals surface area contributed by atoms with E-state index in [2.05, 4.69) is 10.1 Å². The number of nitrogens with two attached hydrogens (primary N) is 1. The van der Waals surface area contributed by atoms with Gasteiger partial charge in [-0.15, -0.1) is 0 Å². The van der Waals surface area contributed by atoms with Crippen LogP contribution >= 0.6 is 0 Å². The molecule has 0 bridgehead atoms. The van der Waals surface area contributed by atoms with Gasteiger partial charge in [0, 0.05) is 30.4 Å². The molecule has 16 heteroatoms. The number of sulfone groups is 1. The second kappa shape index (κ2) is 12.5. The fraction of sp³-hybridized carbons (Fsp3) is 0.286. The van der Waals surface area contributed by atoms with Crippen molar-refractivity contribution in [2.24, 2.45) is 11.1 Å². The number of hydrogen-bond acceptors (Lipinski definition) is 9. The van der Waals surface area contributed by atoms with E-state index in [-0.39, 0.29) is 40.3 Å². The molecule has 4 rings (SSSR count). The second-order valence-corrected chi connectivity index (χ2v) is 11.7. The highest BCUT2D eigenvalue weighted by molar-refractivity contribution is 7.95. The maximum absolute atomic E-state index is 12.9. The van der Waals surface area contributed by atoms with E-state index in [0.29, 0.717) is 12.2 Å². The van der Waals surface area contributed by atoms with Crippen LogP contribution in [0.3, 0.4) is 0 Å². The molecule has 0 fully saturated rings. The lowest BCUT2D eigenvalue weighted by atomic mass is 10.1. The summed E-state index contributed by atoms with van der Waals surface area (Å²) in [6, 6.07) is 12.6. The summed E-state index contributed by atoms with van der Waals surface area (Å²) in [5, 5.41) is 12.2. The fourth-order valence-electron chi connectivity index (χ4n) is 4.27. The molecule has 0 aliphatic heterocycles. The van der Waals surface area contributed by atoms with E-state index in [9.17, 15) is 45.9 Å². The molecule has 12 nitrogen and oxygen atoms in total. The Kier molecular flexibility index (Phi) is 9.15. The molecule has 1 aliphatic rings. The van der Waals surface area contributed by atoms with Crippen molar-refractivity contribution < 1.29 is 50.6 Å². The van der Waals surface area contributed by atoms with Crippen molar-refractivity contribution >= 4 is 33.2 Å². The Balaban J connectivity index is 1.36. The molecular weight excluding hydrogens is 611 g/mol. The predicted octanol–water partition coefficient (Wildman–Crippen LogP) is 2.41. The van der Waals surface area contributed by atoms with Gasteiger partial charge in [-0.3, -0.25) is 24.5 Å². The van der Waals surface area contributed by atoms with Gasteiger partial charge < -0.3 is 19.9 Å². The van der Waals surface area contributed by atoms with Gasteiger partial charge in [0.05, 0.1) is 21.9 Å². The molecule has 234 valence electrons. The summed E-state index contributed by atoms with van der Waals surface area (Å²) in [4.78, 5) is 47.9. The van der Waals surface area contributed by atoms with Gasteiger partial charge in [0.1, 0.15) is 11.2 Å². The number of carboxylic acids is 1. The Labute approximate surface area is 247 Å². The number of pyridine rings is 2. The summed E-state index contributed by atoms with van der Waals surface area (Å²) in [5.74, 6) is -4.34. The number of fused-ring (bicyclic) bond motifs is 1. The highest BCUT2D eigenvalue weighted by Crippen LogP contribution is 2.49. The molecule has 0 saturated heterocycles. The lowest BCUT2D eigenvalue weighted by molar-refractivity contribution is -0.204. The zero-order chi connectivity index (χ0) is 32.3. The van der Waals surface area contributed by atoms with Gasteiger partial charge in [-0.25, -0.2) is 13.2 Å². The van der Waals surface area contributed by atoms with Gasteiger partial charge in [-0.2, -0.15) is 13.2 Å². The van der Waals surface area contributed by atoms with Crippen molar-refractivity contribution in [2.45, 2.75) is 36.6 Å². The van der Waals surface area contributed by atoms with Crippen LogP contribution in [0.1, 0.15) is 29.6 Å². The summed E-state index contributed by atoms with van der Waals surface area (Å²) >= 11 is 0. The van der Waals surface area contributed by atoms with Crippen molar-refractivity contribution in [2.75, 3.05) is 13.2 Å². The first-order chi connectivity index (χ1) is 20.6. The highest BCUT2D eigenvalue weighted by atomic mass is 32.2. The summed E-state index contributed by atoms with van der Waals surface area (Å²) in [6.45, 7) is -0.455. The number of unbranched alkanes of at least 4 members (excludes halogenated alkanes) is 1. The number of carbonyl (C=O) groups excluding carboxylic acids is 2. The molecule has 1 amide bonds. The Hall–Kier alpha value is -4.70. The largest absolute Gasteiger partial charge is 0.493 e. The summed E-state index contributed by atoms with van der Waals surface area (Å²) in [5.41, 5.74) is 3.03. The van der Waals surface area contributed by atoms with Crippen molar-refractivity contribution in [3.63, 3.8) is 0 Å². The number of carboxylic acid groups (broad SMARTS) is 1. The van der Waals surface area contributed by atoms with Crippen molar-refractivity contribution in [3.8, 4) is 5.75 Å². The first-order valence-electron chi connectivity index (χ1n) is 13.0. The number of halogens is 3. The Morgan fingerprint density at radius 3 is 2.43 bits per heavy atom. The number of aliphatic carboxylic acids is 1. The van der Waals surface area contributed by atoms with E-state index in [1.54, 1.807) is 6.07 Å². The van der Waals surface area contributed by atoms with Crippen LogP contribution in [0, 0.1) is 5.41 Å². The lowest BCUT2D eigenvalue weighted by Crippen LogP contribution is -2.37. The smallest absolute Gasteiger partial charge is 0.490 e. The minimum atomic E-state index is -5.14. The van der Waals surface area contributed by atoms with Crippen molar-refractivity contribution in [1.82, 2.24) is 9.72 Å². The monoisotopic (exact) mass is 637 g/mol. The second-order valence-electron chi connectivity index (χ2n) is 9.81. The molecule has 0 radical (unpaired) electrons. The van der Waals surface area contributed by atoms with Gasteiger partial charge in [0.2, 0.25) is 9.84 Å². The number of hydrogen-bond donors (Lipinski definition) is 3.